The summed E-state index contributed by atoms with van der Waals surface area (Å²) in [5.41, 5.74) is 5.06. The van der Waals surface area contributed by atoms with E-state index in [4.69, 9.17) is 0 Å². The number of thiazole rings is 1. The molecule has 3 rings (SSSR count). The minimum absolute atomic E-state index is 0. The third-order valence-electron chi connectivity index (χ3n) is 2.12. The zero-order chi connectivity index (χ0) is 21.8. The molecule has 3 aromatic rings. The summed E-state index contributed by atoms with van der Waals surface area (Å²) in [5.74, 6) is 2.24. The zero-order valence-corrected chi connectivity index (χ0v) is 29.9. The van der Waals surface area contributed by atoms with Crippen LogP contribution in [0.15, 0.2) is 40.7 Å². The molecule has 0 unspecified atom stereocenters. The Kier molecular flexibility index (Phi) is 42.9. The minimum Gasteiger partial charge on any atom is -0.474 e. The predicted octanol–water partition coefficient (Wildman–Crippen LogP) is 7.05. The maximum Gasteiger partial charge on any atom is 0 e. The van der Waals surface area contributed by atoms with Crippen LogP contribution in [0.25, 0.3) is 0 Å². The summed E-state index contributed by atoms with van der Waals surface area (Å²) in [6.45, 7) is 19.3. The van der Waals surface area contributed by atoms with Crippen LogP contribution in [-0.4, -0.2) is 15.1 Å². The monoisotopic (exact) mass is 669 g/mol. The van der Waals surface area contributed by atoms with Crippen molar-refractivity contribution in [2.45, 2.75) is 68.2 Å². The van der Waals surface area contributed by atoms with Crippen molar-refractivity contribution in [3.63, 3.8) is 0 Å². The number of aromatic nitrogens is 3. The quantitative estimate of drug-likeness (QED) is 0.261. The zero-order valence-electron chi connectivity index (χ0n) is 20.6. The molecule has 0 aliphatic rings. The fourth-order valence-corrected chi connectivity index (χ4v) is 1.45. The molecular formula is C23H36N3OSY3-3. The molecule has 8 heteroatoms. The predicted molar refractivity (Wildman–Crippen MR) is 119 cm³/mol. The van der Waals surface area contributed by atoms with Gasteiger partial charge >= 0.3 is 0 Å². The standard InChI is InChI=1S/C9H12N.2C4H10.C3H2NO.C3H2NS.3Y/c1-7(2)9-4-8(3)5-10-6-9;2*1-4(2)3;1-2-4-5-3-1;1-2-5-3-4-1;;;/h4,6-7H,1-3H3;2*4H,1-3H3;1,3H;1-2H;;;/q-1;;;2*-1;;;. The summed E-state index contributed by atoms with van der Waals surface area (Å²) in [7, 11) is 0. The van der Waals surface area contributed by atoms with Crippen molar-refractivity contribution in [1.82, 2.24) is 15.1 Å². The molecular weight excluding hydrogens is 633 g/mol. The third-order valence-corrected chi connectivity index (χ3v) is 2.59. The van der Waals surface area contributed by atoms with Crippen molar-refractivity contribution < 1.29 is 103 Å². The molecule has 3 radical (unpaired) electrons. The number of rotatable bonds is 1. The molecule has 0 aliphatic carbocycles. The maximum absolute atomic E-state index is 4.28. The van der Waals surface area contributed by atoms with Crippen LogP contribution in [0.2, 0.25) is 0 Å². The number of aryl methyl sites for hydroxylation is 1. The molecule has 0 N–H and O–H groups in total. The van der Waals surface area contributed by atoms with Crippen molar-refractivity contribution in [3.8, 4) is 0 Å². The Morgan fingerprint density at radius 3 is 1.65 bits per heavy atom. The summed E-state index contributed by atoms with van der Waals surface area (Å²) in [4.78, 5) is 7.60. The molecule has 0 amide bonds. The summed E-state index contributed by atoms with van der Waals surface area (Å²) >= 11 is 1.48. The van der Waals surface area contributed by atoms with Gasteiger partial charge in [0, 0.05) is 98.1 Å². The molecule has 0 spiro atoms. The van der Waals surface area contributed by atoms with Gasteiger partial charge in [0.05, 0.1) is 0 Å². The summed E-state index contributed by atoms with van der Waals surface area (Å²) in [6.07, 6.45) is 10.4. The second-order valence-corrected chi connectivity index (χ2v) is 8.26. The van der Waals surface area contributed by atoms with Crippen LogP contribution < -0.4 is 0 Å². The minimum atomic E-state index is 0. The molecule has 0 saturated heterocycles. The SMILES string of the molecule is CC(C)C.CC(C)C.Cc1[c-]ncc(C(C)C)c1.[Y].[Y].[Y].[c-]1ccon1.[c-]1nccs1. The van der Waals surface area contributed by atoms with Crippen LogP contribution in [0.4, 0.5) is 0 Å². The van der Waals surface area contributed by atoms with Crippen LogP contribution in [0, 0.1) is 36.7 Å². The van der Waals surface area contributed by atoms with Gasteiger partial charge in [-0.2, -0.15) is 12.1 Å². The molecule has 0 saturated carbocycles. The topological polar surface area (TPSA) is 51.8 Å². The van der Waals surface area contributed by atoms with E-state index >= 15 is 0 Å². The first-order chi connectivity index (χ1) is 13.2. The van der Waals surface area contributed by atoms with Crippen LogP contribution >= 0.6 is 11.3 Å². The van der Waals surface area contributed by atoms with Crippen LogP contribution in [0.3, 0.4) is 0 Å². The molecule has 0 aliphatic heterocycles. The average Bonchev–Trinajstić information content (AvgIpc) is 3.32. The Hall–Kier alpha value is 1.30. The molecule has 167 valence electrons. The Bertz CT molecular complexity index is 563. The molecule has 4 nitrogen and oxygen atoms in total. The van der Waals surface area contributed by atoms with E-state index in [1.807, 2.05) is 18.5 Å². The molecule has 0 fully saturated rings. The van der Waals surface area contributed by atoms with Gasteiger partial charge in [0.15, 0.2) is 0 Å². The molecule has 0 atom stereocenters. The van der Waals surface area contributed by atoms with Crippen LogP contribution in [-0.2, 0) is 98.1 Å². The fourth-order valence-electron chi connectivity index (χ4n) is 1.15. The van der Waals surface area contributed by atoms with E-state index in [9.17, 15) is 0 Å². The van der Waals surface area contributed by atoms with Gasteiger partial charge in [-0.15, -0.1) is 28.9 Å². The average molecular weight is 669 g/mol. The molecule has 0 aromatic carbocycles. The first-order valence-corrected chi connectivity index (χ1v) is 10.4. The molecule has 3 heterocycles. The first-order valence-electron chi connectivity index (χ1n) is 9.52. The van der Waals surface area contributed by atoms with Crippen molar-refractivity contribution in [2.75, 3.05) is 0 Å². The van der Waals surface area contributed by atoms with Gasteiger partial charge in [-0.1, -0.05) is 74.7 Å². The summed E-state index contributed by atoms with van der Waals surface area (Å²) < 4.78 is 4.28. The summed E-state index contributed by atoms with van der Waals surface area (Å²) in [6, 6.07) is 3.72. The van der Waals surface area contributed by atoms with Gasteiger partial charge in [-0.25, -0.2) is 5.16 Å². The van der Waals surface area contributed by atoms with Crippen molar-refractivity contribution in [2.24, 2.45) is 11.8 Å². The van der Waals surface area contributed by atoms with E-state index in [2.05, 4.69) is 99.0 Å². The number of pyridine rings is 1. The van der Waals surface area contributed by atoms with E-state index in [1.54, 1.807) is 12.3 Å². The van der Waals surface area contributed by atoms with E-state index in [1.165, 1.54) is 23.2 Å². The largest absolute Gasteiger partial charge is 0.474 e. The van der Waals surface area contributed by atoms with Gasteiger partial charge in [-0.3, -0.25) is 11.3 Å². The van der Waals surface area contributed by atoms with Crippen molar-refractivity contribution in [1.29, 1.82) is 0 Å². The van der Waals surface area contributed by atoms with Crippen LogP contribution in [0.1, 0.15) is 72.4 Å². The maximum atomic E-state index is 4.28. The van der Waals surface area contributed by atoms with Crippen molar-refractivity contribution >= 4 is 11.3 Å². The normalized spacial score (nSPS) is 8.26. The van der Waals surface area contributed by atoms with Gasteiger partial charge in [0.25, 0.3) is 0 Å². The van der Waals surface area contributed by atoms with Crippen LogP contribution in [0.5, 0.6) is 0 Å². The number of nitrogens with zero attached hydrogens (tertiary/aromatic N) is 3. The van der Waals surface area contributed by atoms with E-state index in [-0.39, 0.29) is 98.1 Å². The van der Waals surface area contributed by atoms with Gasteiger partial charge < -0.3 is 14.5 Å². The Morgan fingerprint density at radius 2 is 1.45 bits per heavy atom. The molecule has 31 heavy (non-hydrogen) atoms. The Balaban J connectivity index is -0.0000000939. The fraction of sp³-hybridized carbons (Fsp3) is 0.522. The van der Waals surface area contributed by atoms with Crippen molar-refractivity contribution in [3.05, 3.63) is 65.2 Å². The third kappa shape index (κ3) is 42.0. The van der Waals surface area contributed by atoms with E-state index in [0.29, 0.717) is 5.92 Å². The molecule has 3 aromatic heterocycles. The second kappa shape index (κ2) is 31.3. The van der Waals surface area contributed by atoms with E-state index < -0.39 is 0 Å². The first kappa shape index (κ1) is 42.5. The van der Waals surface area contributed by atoms with Gasteiger partial charge in [0.2, 0.25) is 0 Å². The van der Waals surface area contributed by atoms with Gasteiger partial charge in [0.1, 0.15) is 0 Å². The van der Waals surface area contributed by atoms with Gasteiger partial charge in [-0.05, 0) is 29.5 Å². The smallest absolute Gasteiger partial charge is 0 e. The Morgan fingerprint density at radius 1 is 0.903 bits per heavy atom. The number of hydrogen-bond acceptors (Lipinski definition) is 5. The number of hydrogen-bond donors (Lipinski definition) is 0. The molecule has 0 bridgehead atoms. The second-order valence-electron chi connectivity index (χ2n) is 7.57. The Labute approximate surface area is 270 Å². The summed E-state index contributed by atoms with van der Waals surface area (Å²) in [5, 5.41) is 5.10. The van der Waals surface area contributed by atoms with E-state index in [0.717, 1.165) is 17.4 Å².